The van der Waals surface area contributed by atoms with Gasteiger partial charge in [0.15, 0.2) is 0 Å². The van der Waals surface area contributed by atoms with Gasteiger partial charge in [-0.25, -0.2) is 4.39 Å². The maximum absolute atomic E-state index is 14.4. The second kappa shape index (κ2) is 9.72. The van der Waals surface area contributed by atoms with Crippen LogP contribution in [0, 0.1) is 17.1 Å². The Morgan fingerprint density at radius 3 is 2.21 bits per heavy atom. The molecule has 4 rings (SSSR count). The van der Waals surface area contributed by atoms with Crippen molar-refractivity contribution in [2.75, 3.05) is 13.2 Å². The molecule has 1 heterocycles. The number of fused-ring (bicyclic) bond motifs is 1. The summed E-state index contributed by atoms with van der Waals surface area (Å²) in [5.74, 6) is -0.386. The quantitative estimate of drug-likeness (QED) is 0.296. The number of benzene rings is 3. The first-order chi connectivity index (χ1) is 16.0. The third-order valence-electron chi connectivity index (χ3n) is 5.34. The Balaban J connectivity index is 2.10. The lowest BCUT2D eigenvalue weighted by Crippen LogP contribution is -2.21. The lowest BCUT2D eigenvalue weighted by molar-refractivity contribution is 0.229. The van der Waals surface area contributed by atoms with Gasteiger partial charge in [-0.3, -0.25) is 4.57 Å². The summed E-state index contributed by atoms with van der Waals surface area (Å²) in [4.78, 5) is 0. The van der Waals surface area contributed by atoms with Crippen LogP contribution in [0.2, 0.25) is 0 Å². The number of nitrogens with zero attached hydrogens (tertiary/aromatic N) is 2. The van der Waals surface area contributed by atoms with Gasteiger partial charge in [0, 0.05) is 28.6 Å². The van der Waals surface area contributed by atoms with Crippen molar-refractivity contribution in [3.8, 4) is 11.8 Å². The highest BCUT2D eigenvalue weighted by Gasteiger charge is 2.36. The first-order valence-corrected chi connectivity index (χ1v) is 12.3. The minimum atomic E-state index is -3.76. The van der Waals surface area contributed by atoms with Crippen LogP contribution >= 0.6 is 7.60 Å². The van der Waals surface area contributed by atoms with Gasteiger partial charge in [0.1, 0.15) is 11.3 Å². The molecule has 33 heavy (non-hydrogen) atoms. The molecule has 0 radical (unpaired) electrons. The fourth-order valence-electron chi connectivity index (χ4n) is 4.02. The third-order valence-corrected chi connectivity index (χ3v) is 7.50. The Morgan fingerprint density at radius 1 is 0.939 bits per heavy atom. The van der Waals surface area contributed by atoms with E-state index in [-0.39, 0.29) is 19.0 Å². The summed E-state index contributed by atoms with van der Waals surface area (Å²) in [7, 11) is -3.76. The van der Waals surface area contributed by atoms with E-state index >= 15 is 0 Å². The molecule has 7 heteroatoms. The van der Waals surface area contributed by atoms with Crippen molar-refractivity contribution >= 4 is 23.8 Å². The summed E-state index contributed by atoms with van der Waals surface area (Å²) >= 11 is 0. The monoisotopic (exact) mass is 462 g/mol. The Kier molecular flexibility index (Phi) is 6.76. The zero-order chi connectivity index (χ0) is 23.4. The van der Waals surface area contributed by atoms with Crippen LogP contribution < -0.4 is 5.44 Å². The van der Waals surface area contributed by atoms with E-state index in [1.165, 1.54) is 12.1 Å². The largest absolute Gasteiger partial charge is 0.378 e. The summed E-state index contributed by atoms with van der Waals surface area (Å²) in [6.45, 7) is 3.89. The van der Waals surface area contributed by atoms with Crippen LogP contribution in [0.4, 0.5) is 4.39 Å². The Hall–Kier alpha value is -3.23. The topological polar surface area (TPSA) is 64.2 Å². The average molecular weight is 462 g/mol. The van der Waals surface area contributed by atoms with Crippen molar-refractivity contribution in [2.24, 2.45) is 0 Å². The lowest BCUT2D eigenvalue weighted by atomic mass is 10.1. The van der Waals surface area contributed by atoms with Crippen LogP contribution in [0.1, 0.15) is 30.7 Å². The number of hydrogen-bond acceptors (Lipinski definition) is 4. The number of aromatic nitrogens is 1. The van der Waals surface area contributed by atoms with E-state index in [0.717, 1.165) is 11.3 Å². The summed E-state index contributed by atoms with van der Waals surface area (Å²) < 4.78 is 41.8. The van der Waals surface area contributed by atoms with E-state index in [1.807, 2.05) is 34.9 Å². The van der Waals surface area contributed by atoms with Crippen LogP contribution in [0.25, 0.3) is 16.5 Å². The fraction of sp³-hybridized carbons (Fsp3) is 0.192. The standard InChI is InChI=1S/C26H24FN2O3P/c1-3-31-33(30,32-4-2)26-23-15-12-21(27)17-24(23)25(16-19-8-6-5-7-9-19)29(26)22-13-10-20(18-28)11-14-22/h5-15,17H,3-4,16H2,1-2H3. The van der Waals surface area contributed by atoms with Gasteiger partial charge in [0.2, 0.25) is 0 Å². The SMILES string of the molecule is CCOP(=O)(OCC)c1c2ccc(F)cc2c(Cc2ccccc2)n1-c1ccc(C#N)cc1. The molecule has 0 unspecified atom stereocenters. The molecule has 168 valence electrons. The van der Waals surface area contributed by atoms with Gasteiger partial charge >= 0.3 is 7.60 Å². The molecular formula is C26H24FN2O3P. The maximum Gasteiger partial charge on any atom is 0.378 e. The van der Waals surface area contributed by atoms with Gasteiger partial charge in [0.25, 0.3) is 0 Å². The van der Waals surface area contributed by atoms with Crippen LogP contribution in [0.5, 0.6) is 0 Å². The van der Waals surface area contributed by atoms with Crippen LogP contribution in [0.15, 0.2) is 72.8 Å². The normalized spacial score (nSPS) is 11.6. The van der Waals surface area contributed by atoms with Gasteiger partial charge < -0.3 is 13.6 Å². The van der Waals surface area contributed by atoms with Gasteiger partial charge in [-0.05, 0) is 61.9 Å². The van der Waals surface area contributed by atoms with E-state index in [4.69, 9.17) is 9.05 Å². The van der Waals surface area contributed by atoms with E-state index in [0.29, 0.717) is 33.9 Å². The third kappa shape index (κ3) is 4.49. The number of halogens is 1. The molecule has 0 N–H and O–H groups in total. The molecule has 3 aromatic carbocycles. The zero-order valence-electron chi connectivity index (χ0n) is 18.5. The van der Waals surface area contributed by atoms with E-state index in [9.17, 15) is 14.2 Å². The first kappa shape index (κ1) is 22.9. The molecule has 0 atom stereocenters. The van der Waals surface area contributed by atoms with Gasteiger partial charge in [0.05, 0.1) is 24.8 Å². The summed E-state index contributed by atoms with van der Waals surface area (Å²) in [5.41, 5.74) is 3.33. The van der Waals surface area contributed by atoms with Crippen molar-refractivity contribution in [3.05, 3.63) is 95.4 Å². The van der Waals surface area contributed by atoms with Crippen molar-refractivity contribution in [2.45, 2.75) is 20.3 Å². The molecule has 4 aromatic rings. The second-order valence-electron chi connectivity index (χ2n) is 7.45. The number of rotatable bonds is 8. The van der Waals surface area contributed by atoms with Crippen LogP contribution in [-0.4, -0.2) is 17.8 Å². The average Bonchev–Trinajstić information content (AvgIpc) is 3.14. The molecule has 0 aliphatic heterocycles. The molecule has 0 saturated heterocycles. The highest BCUT2D eigenvalue weighted by molar-refractivity contribution is 7.62. The fourth-order valence-corrected chi connectivity index (χ4v) is 5.99. The molecule has 5 nitrogen and oxygen atoms in total. The molecule has 0 spiro atoms. The maximum atomic E-state index is 14.4. The van der Waals surface area contributed by atoms with Crippen LogP contribution in [-0.2, 0) is 20.0 Å². The molecule has 0 aliphatic rings. The van der Waals surface area contributed by atoms with E-state index in [2.05, 4.69) is 6.07 Å². The summed E-state index contributed by atoms with van der Waals surface area (Å²) in [6.07, 6.45) is 0.471. The highest BCUT2D eigenvalue weighted by atomic mass is 31.2. The van der Waals surface area contributed by atoms with Crippen molar-refractivity contribution in [3.63, 3.8) is 0 Å². The van der Waals surface area contributed by atoms with E-state index < -0.39 is 7.60 Å². The Bertz CT molecular complexity index is 1350. The highest BCUT2D eigenvalue weighted by Crippen LogP contribution is 2.50. The predicted molar refractivity (Wildman–Crippen MR) is 128 cm³/mol. The smallest absolute Gasteiger partial charge is 0.306 e. The molecule has 0 bridgehead atoms. The molecule has 0 saturated carbocycles. The Morgan fingerprint density at radius 2 is 1.61 bits per heavy atom. The number of nitriles is 1. The van der Waals surface area contributed by atoms with Gasteiger partial charge in [-0.1, -0.05) is 30.3 Å². The molecule has 0 fully saturated rings. The summed E-state index contributed by atoms with van der Waals surface area (Å²) in [5, 5.41) is 10.5. The van der Waals surface area contributed by atoms with Crippen molar-refractivity contribution in [1.82, 2.24) is 4.57 Å². The van der Waals surface area contributed by atoms with Crippen molar-refractivity contribution < 1.29 is 18.0 Å². The molecule has 1 aromatic heterocycles. The Labute approximate surface area is 192 Å². The zero-order valence-corrected chi connectivity index (χ0v) is 19.4. The molecular weight excluding hydrogens is 438 g/mol. The number of hydrogen-bond donors (Lipinski definition) is 0. The minimum absolute atomic E-state index is 0.187. The predicted octanol–water partition coefficient (Wildman–Crippen LogP) is 6.12. The second-order valence-corrected chi connectivity index (χ2v) is 9.38. The van der Waals surface area contributed by atoms with Crippen molar-refractivity contribution in [1.29, 1.82) is 5.26 Å². The van der Waals surface area contributed by atoms with E-state index in [1.54, 1.807) is 44.2 Å². The summed E-state index contributed by atoms with van der Waals surface area (Å²) in [6, 6.07) is 23.3. The first-order valence-electron chi connectivity index (χ1n) is 10.8. The minimum Gasteiger partial charge on any atom is -0.306 e. The molecule has 0 aliphatic carbocycles. The van der Waals surface area contributed by atoms with Crippen LogP contribution in [0.3, 0.4) is 0 Å². The van der Waals surface area contributed by atoms with Gasteiger partial charge in [-0.2, -0.15) is 5.26 Å². The lowest BCUT2D eigenvalue weighted by Gasteiger charge is -2.21. The van der Waals surface area contributed by atoms with Gasteiger partial charge in [-0.15, -0.1) is 0 Å². The molecule has 0 amide bonds.